The first-order valence-electron chi connectivity index (χ1n) is 6.39. The number of nitrogens with zero attached hydrogens (tertiary/aromatic N) is 1. The number of hydrogen-bond donors (Lipinski definition) is 1. The second kappa shape index (κ2) is 6.74. The molecule has 2 rings (SSSR count). The molecule has 0 aromatic heterocycles. The number of amides is 1. The molecule has 108 valence electrons. The summed E-state index contributed by atoms with van der Waals surface area (Å²) < 4.78 is 12.7. The number of hydrogen-bond acceptors (Lipinski definition) is 3. The molecule has 0 unspecified atom stereocenters. The fourth-order valence-electron chi connectivity index (χ4n) is 1.87. The van der Waals surface area contributed by atoms with Crippen LogP contribution < -0.4 is 0 Å². The average molecular weight is 297 g/mol. The zero-order valence-corrected chi connectivity index (χ0v) is 11.7. The zero-order valence-electron chi connectivity index (χ0n) is 10.9. The van der Waals surface area contributed by atoms with E-state index < -0.39 is 5.97 Å². The van der Waals surface area contributed by atoms with Crippen LogP contribution in [0.1, 0.15) is 18.4 Å². The van der Waals surface area contributed by atoms with E-state index in [4.69, 9.17) is 5.11 Å². The Balaban J connectivity index is 1.78. The van der Waals surface area contributed by atoms with Crippen molar-refractivity contribution in [3.8, 4) is 0 Å². The maximum absolute atomic E-state index is 12.7. The van der Waals surface area contributed by atoms with E-state index in [1.54, 1.807) is 12.1 Å². The first-order valence-corrected chi connectivity index (χ1v) is 7.55. The number of carboxylic acid groups (broad SMARTS) is 1. The Morgan fingerprint density at radius 1 is 1.30 bits per heavy atom. The summed E-state index contributed by atoms with van der Waals surface area (Å²) in [5.74, 6) is -0.536. The van der Waals surface area contributed by atoms with Gasteiger partial charge < -0.3 is 10.0 Å². The summed E-state index contributed by atoms with van der Waals surface area (Å²) in [6, 6.07) is 6.24. The molecule has 1 aliphatic carbocycles. The molecule has 6 heteroatoms. The molecule has 0 saturated heterocycles. The highest BCUT2D eigenvalue weighted by atomic mass is 32.2. The van der Waals surface area contributed by atoms with Gasteiger partial charge in [-0.2, -0.15) is 0 Å². The fraction of sp³-hybridized carbons (Fsp3) is 0.429. The summed E-state index contributed by atoms with van der Waals surface area (Å²) in [6.07, 6.45) is 1.78. The number of aliphatic carboxylic acids is 1. The third kappa shape index (κ3) is 4.52. The molecule has 0 aliphatic heterocycles. The van der Waals surface area contributed by atoms with Crippen LogP contribution in [0.25, 0.3) is 0 Å². The van der Waals surface area contributed by atoms with Crippen molar-refractivity contribution in [1.29, 1.82) is 0 Å². The Morgan fingerprint density at radius 3 is 2.50 bits per heavy atom. The largest absolute Gasteiger partial charge is 0.480 e. The number of carbonyl (C=O) groups is 2. The van der Waals surface area contributed by atoms with E-state index >= 15 is 0 Å². The number of halogens is 1. The smallest absolute Gasteiger partial charge is 0.323 e. The van der Waals surface area contributed by atoms with Crippen LogP contribution in [0, 0.1) is 5.82 Å². The Kier molecular flexibility index (Phi) is 5.00. The van der Waals surface area contributed by atoms with E-state index in [1.807, 2.05) is 0 Å². The summed E-state index contributed by atoms with van der Waals surface area (Å²) in [5.41, 5.74) is 0.945. The molecular weight excluding hydrogens is 281 g/mol. The van der Waals surface area contributed by atoms with Crippen molar-refractivity contribution in [2.24, 2.45) is 0 Å². The molecule has 0 spiro atoms. The Morgan fingerprint density at radius 2 is 1.95 bits per heavy atom. The van der Waals surface area contributed by atoms with Crippen molar-refractivity contribution >= 4 is 23.6 Å². The minimum atomic E-state index is -0.978. The van der Waals surface area contributed by atoms with Gasteiger partial charge in [0.2, 0.25) is 5.91 Å². The maximum atomic E-state index is 12.7. The van der Waals surface area contributed by atoms with E-state index in [0.29, 0.717) is 5.75 Å². The summed E-state index contributed by atoms with van der Waals surface area (Å²) in [4.78, 5) is 24.2. The van der Waals surface area contributed by atoms with E-state index in [9.17, 15) is 14.0 Å². The van der Waals surface area contributed by atoms with Crippen LogP contribution in [0.3, 0.4) is 0 Å². The lowest BCUT2D eigenvalue weighted by Gasteiger charge is -2.19. The first kappa shape index (κ1) is 14.8. The summed E-state index contributed by atoms with van der Waals surface area (Å²) in [6.45, 7) is -0.222. The van der Waals surface area contributed by atoms with Crippen molar-refractivity contribution in [3.05, 3.63) is 35.6 Å². The van der Waals surface area contributed by atoms with Gasteiger partial charge in [-0.25, -0.2) is 4.39 Å². The SMILES string of the molecule is O=C(O)CN(C(=O)CSCc1ccc(F)cc1)C1CC1. The highest BCUT2D eigenvalue weighted by Gasteiger charge is 2.33. The molecule has 1 aliphatic rings. The molecule has 1 fully saturated rings. The van der Waals surface area contributed by atoms with Crippen molar-refractivity contribution in [1.82, 2.24) is 4.90 Å². The quantitative estimate of drug-likeness (QED) is 0.837. The number of carbonyl (C=O) groups excluding carboxylic acids is 1. The fourth-order valence-corrected chi connectivity index (χ4v) is 2.74. The van der Waals surface area contributed by atoms with Crippen LogP contribution in [-0.2, 0) is 15.3 Å². The molecule has 1 aromatic rings. The molecule has 0 radical (unpaired) electrons. The zero-order chi connectivity index (χ0) is 14.5. The summed E-state index contributed by atoms with van der Waals surface area (Å²) in [5, 5.41) is 8.80. The van der Waals surface area contributed by atoms with E-state index in [1.165, 1.54) is 28.8 Å². The Bertz CT molecular complexity index is 488. The molecule has 0 atom stereocenters. The van der Waals surface area contributed by atoms with Gasteiger partial charge >= 0.3 is 5.97 Å². The van der Waals surface area contributed by atoms with Crippen molar-refractivity contribution in [2.75, 3.05) is 12.3 Å². The molecule has 1 aromatic carbocycles. The van der Waals surface area contributed by atoms with Gasteiger partial charge in [0.25, 0.3) is 0 Å². The minimum absolute atomic E-state index is 0.102. The normalized spacial score (nSPS) is 14.1. The Labute approximate surface area is 121 Å². The van der Waals surface area contributed by atoms with E-state index in [0.717, 1.165) is 18.4 Å². The molecule has 1 saturated carbocycles. The van der Waals surface area contributed by atoms with Gasteiger partial charge in [-0.3, -0.25) is 9.59 Å². The van der Waals surface area contributed by atoms with Crippen molar-refractivity contribution < 1.29 is 19.1 Å². The average Bonchev–Trinajstić information content (AvgIpc) is 3.22. The highest BCUT2D eigenvalue weighted by molar-refractivity contribution is 7.99. The van der Waals surface area contributed by atoms with Crippen LogP contribution >= 0.6 is 11.8 Å². The minimum Gasteiger partial charge on any atom is -0.480 e. The molecular formula is C14H16FNO3S. The van der Waals surface area contributed by atoms with Crippen molar-refractivity contribution in [2.45, 2.75) is 24.6 Å². The highest BCUT2D eigenvalue weighted by Crippen LogP contribution is 2.27. The predicted molar refractivity (Wildman–Crippen MR) is 74.9 cm³/mol. The van der Waals surface area contributed by atoms with Gasteiger partial charge in [0.05, 0.1) is 5.75 Å². The molecule has 0 heterocycles. The van der Waals surface area contributed by atoms with Crippen LogP contribution in [-0.4, -0.2) is 40.2 Å². The van der Waals surface area contributed by atoms with Gasteiger partial charge in [0, 0.05) is 11.8 Å². The summed E-state index contributed by atoms with van der Waals surface area (Å²) >= 11 is 1.41. The van der Waals surface area contributed by atoms with Crippen LogP contribution in [0.15, 0.2) is 24.3 Å². The summed E-state index contributed by atoms with van der Waals surface area (Å²) in [7, 11) is 0. The second-order valence-electron chi connectivity index (χ2n) is 4.77. The Hall–Kier alpha value is -1.56. The van der Waals surface area contributed by atoms with Crippen LogP contribution in [0.5, 0.6) is 0 Å². The number of benzene rings is 1. The van der Waals surface area contributed by atoms with Crippen molar-refractivity contribution in [3.63, 3.8) is 0 Å². The maximum Gasteiger partial charge on any atom is 0.323 e. The van der Waals surface area contributed by atoms with Gasteiger partial charge in [-0.1, -0.05) is 12.1 Å². The number of carboxylic acids is 1. The monoisotopic (exact) mass is 297 g/mol. The molecule has 1 N–H and O–H groups in total. The standard InChI is InChI=1S/C14H16FNO3S/c15-11-3-1-10(2-4-11)8-20-9-13(17)16(7-14(18)19)12-5-6-12/h1-4,12H,5-9H2,(H,18,19). The van der Waals surface area contributed by atoms with Gasteiger partial charge in [-0.05, 0) is 30.5 Å². The van der Waals surface area contributed by atoms with Gasteiger partial charge in [-0.15, -0.1) is 11.8 Å². The van der Waals surface area contributed by atoms with E-state index in [-0.39, 0.29) is 30.1 Å². The lowest BCUT2D eigenvalue weighted by Crippen LogP contribution is -2.38. The van der Waals surface area contributed by atoms with Gasteiger partial charge in [0.15, 0.2) is 0 Å². The first-order chi connectivity index (χ1) is 9.56. The van der Waals surface area contributed by atoms with Gasteiger partial charge in [0.1, 0.15) is 12.4 Å². The van der Waals surface area contributed by atoms with E-state index in [2.05, 4.69) is 0 Å². The molecule has 20 heavy (non-hydrogen) atoms. The molecule has 4 nitrogen and oxygen atoms in total. The third-order valence-corrected chi connectivity index (χ3v) is 4.01. The van der Waals surface area contributed by atoms with Crippen LogP contribution in [0.4, 0.5) is 4.39 Å². The topological polar surface area (TPSA) is 57.6 Å². The second-order valence-corrected chi connectivity index (χ2v) is 5.75. The van der Waals surface area contributed by atoms with Crippen LogP contribution in [0.2, 0.25) is 0 Å². The molecule has 0 bridgehead atoms. The number of thioether (sulfide) groups is 1. The third-order valence-electron chi connectivity index (χ3n) is 3.02. The lowest BCUT2D eigenvalue weighted by molar-refractivity contribution is -0.143. The predicted octanol–water partition coefficient (Wildman–Crippen LogP) is 2.13. The number of rotatable bonds is 7. The molecule has 1 amide bonds. The lowest BCUT2D eigenvalue weighted by atomic mass is 10.2.